The van der Waals surface area contributed by atoms with Crippen LogP contribution in [0.4, 0.5) is 19.0 Å². The van der Waals surface area contributed by atoms with Crippen molar-refractivity contribution in [3.63, 3.8) is 0 Å². The van der Waals surface area contributed by atoms with Crippen molar-refractivity contribution in [2.75, 3.05) is 18.9 Å². The summed E-state index contributed by atoms with van der Waals surface area (Å²) in [5.41, 5.74) is 6.03. The second-order valence-electron chi connectivity index (χ2n) is 9.64. The zero-order valence-corrected chi connectivity index (χ0v) is 22.0. The number of hydrogen-bond donors (Lipinski definition) is 1. The first-order valence-electron chi connectivity index (χ1n) is 12.8. The summed E-state index contributed by atoms with van der Waals surface area (Å²) in [7, 11) is 2.06. The van der Waals surface area contributed by atoms with Crippen LogP contribution in [0, 0.1) is 5.92 Å². The van der Waals surface area contributed by atoms with Gasteiger partial charge < -0.3 is 15.0 Å². The van der Waals surface area contributed by atoms with Crippen LogP contribution in [0.15, 0.2) is 76.6 Å². The van der Waals surface area contributed by atoms with E-state index in [2.05, 4.69) is 78.1 Å². The van der Waals surface area contributed by atoms with Gasteiger partial charge in [-0.15, -0.1) is 13.2 Å². The fourth-order valence-corrected chi connectivity index (χ4v) is 4.52. The van der Waals surface area contributed by atoms with Gasteiger partial charge in [-0.05, 0) is 87.7 Å². The molecular weight excluding hydrogens is 463 g/mol. The quantitative estimate of drug-likeness (QED) is 0.348. The zero-order valence-electron chi connectivity index (χ0n) is 22.0. The van der Waals surface area contributed by atoms with Crippen molar-refractivity contribution in [3.8, 4) is 5.88 Å². The maximum Gasteiger partial charge on any atom is 0.574 e. The van der Waals surface area contributed by atoms with Gasteiger partial charge in [0.1, 0.15) is 5.82 Å². The van der Waals surface area contributed by atoms with E-state index >= 15 is 0 Å². The number of ether oxygens (including phenoxy) is 1. The summed E-state index contributed by atoms with van der Waals surface area (Å²) in [5, 5.41) is 3.35. The Balaban J connectivity index is 1.96. The van der Waals surface area contributed by atoms with Gasteiger partial charge in [0.25, 0.3) is 0 Å². The lowest BCUT2D eigenvalue weighted by molar-refractivity contribution is -0.276. The normalized spacial score (nSPS) is 20.7. The van der Waals surface area contributed by atoms with E-state index in [9.17, 15) is 13.2 Å². The summed E-state index contributed by atoms with van der Waals surface area (Å²) in [4.78, 5) is 6.25. The second-order valence-corrected chi connectivity index (χ2v) is 9.64. The van der Waals surface area contributed by atoms with Crippen molar-refractivity contribution in [1.29, 1.82) is 0 Å². The Morgan fingerprint density at radius 3 is 2.58 bits per heavy atom. The minimum atomic E-state index is -4.78. The number of anilines is 1. The SMILES string of the molecule is C\C=C/C(=C\C(=C\CC)C1CC1)C(/C=C1/C(Nc2cccc(OC(F)(F)F)n2)CCCN1C)=C(C)C. The van der Waals surface area contributed by atoms with E-state index in [1.165, 1.54) is 41.7 Å². The summed E-state index contributed by atoms with van der Waals surface area (Å²) < 4.78 is 42.0. The van der Waals surface area contributed by atoms with Gasteiger partial charge in [-0.25, -0.2) is 0 Å². The van der Waals surface area contributed by atoms with Crippen LogP contribution in [0.1, 0.15) is 59.8 Å². The lowest BCUT2D eigenvalue weighted by atomic mass is 9.92. The third-order valence-corrected chi connectivity index (χ3v) is 6.35. The van der Waals surface area contributed by atoms with Crippen LogP contribution >= 0.6 is 0 Å². The standard InChI is InChI=1S/C29H38F3N3O/c1-6-10-22(21-15-16-21)18-23(11-7-2)24(20(3)4)19-26-25(12-9-17-35(26)5)33-27-13-8-14-28(34-27)36-29(30,31)32/h7-8,10-11,13-14,18-19,21,25H,6,9,12,15-17H2,1-5H3,(H,33,34)/b11-7-,22-10-,23-18+,26-19-. The molecule has 1 unspecified atom stereocenters. The first-order chi connectivity index (χ1) is 17.1. The predicted molar refractivity (Wildman–Crippen MR) is 141 cm³/mol. The van der Waals surface area contributed by atoms with Crippen LogP contribution in [-0.4, -0.2) is 35.9 Å². The molecular formula is C29H38F3N3O. The van der Waals surface area contributed by atoms with Crippen LogP contribution < -0.4 is 10.1 Å². The Bertz CT molecular complexity index is 1060. The molecule has 2 heterocycles. The number of hydrogen-bond acceptors (Lipinski definition) is 4. The van der Waals surface area contributed by atoms with Gasteiger partial charge in [-0.3, -0.25) is 0 Å². The molecule has 3 rings (SSSR count). The molecule has 1 aromatic rings. The zero-order chi connectivity index (χ0) is 26.3. The number of pyridine rings is 1. The van der Waals surface area contributed by atoms with Gasteiger partial charge in [-0.1, -0.05) is 42.9 Å². The molecule has 1 aromatic heterocycles. The third-order valence-electron chi connectivity index (χ3n) is 6.35. The lowest BCUT2D eigenvalue weighted by Gasteiger charge is -2.36. The van der Waals surface area contributed by atoms with Crippen molar-refractivity contribution in [3.05, 3.63) is 76.6 Å². The number of nitrogens with one attached hydrogen (secondary N) is 1. The number of likely N-dealkylation sites (N-methyl/N-ethyl adjacent to an activating group) is 1. The fourth-order valence-electron chi connectivity index (χ4n) is 4.52. The molecule has 1 aliphatic carbocycles. The highest BCUT2D eigenvalue weighted by atomic mass is 19.4. The number of rotatable bonds is 9. The molecule has 0 amide bonds. The van der Waals surface area contributed by atoms with Crippen LogP contribution in [0.25, 0.3) is 0 Å². The first kappa shape index (κ1) is 27.6. The van der Waals surface area contributed by atoms with Gasteiger partial charge in [0, 0.05) is 25.4 Å². The molecule has 4 nitrogen and oxygen atoms in total. The average molecular weight is 502 g/mol. The van der Waals surface area contributed by atoms with Crippen LogP contribution in [0.5, 0.6) is 5.88 Å². The van der Waals surface area contributed by atoms with E-state index in [-0.39, 0.29) is 6.04 Å². The van der Waals surface area contributed by atoms with E-state index in [0.29, 0.717) is 11.7 Å². The molecule has 0 spiro atoms. The molecule has 196 valence electrons. The number of likely N-dealkylation sites (tertiary alicyclic amines) is 1. The summed E-state index contributed by atoms with van der Waals surface area (Å²) >= 11 is 0. The molecule has 1 N–H and O–H groups in total. The number of piperidine rings is 1. The minimum absolute atomic E-state index is 0.0901. The minimum Gasteiger partial charge on any atom is -0.388 e. The monoisotopic (exact) mass is 501 g/mol. The van der Waals surface area contributed by atoms with Crippen molar-refractivity contribution >= 4 is 5.82 Å². The maximum atomic E-state index is 12.7. The molecule has 2 aliphatic rings. The lowest BCUT2D eigenvalue weighted by Crippen LogP contribution is -2.38. The molecule has 1 saturated heterocycles. The maximum absolute atomic E-state index is 12.7. The van der Waals surface area contributed by atoms with Gasteiger partial charge in [-0.2, -0.15) is 4.98 Å². The van der Waals surface area contributed by atoms with Crippen molar-refractivity contribution < 1.29 is 17.9 Å². The van der Waals surface area contributed by atoms with E-state index < -0.39 is 12.2 Å². The number of nitrogens with zero attached hydrogens (tertiary/aromatic N) is 2. The summed E-state index contributed by atoms with van der Waals surface area (Å²) in [6.45, 7) is 9.36. The molecule has 7 heteroatoms. The van der Waals surface area contributed by atoms with Crippen molar-refractivity contribution in [2.24, 2.45) is 5.92 Å². The van der Waals surface area contributed by atoms with E-state index in [0.717, 1.165) is 37.1 Å². The smallest absolute Gasteiger partial charge is 0.388 e. The summed E-state index contributed by atoms with van der Waals surface area (Å²) in [5.74, 6) is 0.536. The Morgan fingerprint density at radius 2 is 1.97 bits per heavy atom. The van der Waals surface area contributed by atoms with E-state index in [1.807, 2.05) is 6.92 Å². The Kier molecular flexibility index (Phi) is 9.46. The van der Waals surface area contributed by atoms with E-state index in [1.54, 1.807) is 6.07 Å². The largest absolute Gasteiger partial charge is 0.574 e. The third kappa shape index (κ3) is 8.04. The predicted octanol–water partition coefficient (Wildman–Crippen LogP) is 7.96. The fraction of sp³-hybridized carbons (Fsp3) is 0.483. The van der Waals surface area contributed by atoms with Crippen LogP contribution in [0.3, 0.4) is 0 Å². The van der Waals surface area contributed by atoms with Gasteiger partial charge in [0.15, 0.2) is 0 Å². The number of halogens is 3. The topological polar surface area (TPSA) is 37.4 Å². The molecule has 2 fully saturated rings. The van der Waals surface area contributed by atoms with Crippen LogP contribution in [0.2, 0.25) is 0 Å². The summed E-state index contributed by atoms with van der Waals surface area (Å²) in [6.07, 6.45) is 11.7. The molecule has 1 aliphatic heterocycles. The Hall–Kier alpha value is -2.96. The van der Waals surface area contributed by atoms with Gasteiger partial charge in [0.05, 0.1) is 6.04 Å². The van der Waals surface area contributed by atoms with Crippen molar-refractivity contribution in [2.45, 2.75) is 72.2 Å². The second kappa shape index (κ2) is 12.3. The van der Waals surface area contributed by atoms with Crippen molar-refractivity contribution in [1.82, 2.24) is 9.88 Å². The highest BCUT2D eigenvalue weighted by Gasteiger charge is 2.32. The Morgan fingerprint density at radius 1 is 1.22 bits per heavy atom. The number of alkyl halides is 3. The molecule has 0 bridgehead atoms. The molecule has 36 heavy (non-hydrogen) atoms. The number of allylic oxidation sites excluding steroid dienone is 9. The Labute approximate surface area is 213 Å². The summed E-state index contributed by atoms with van der Waals surface area (Å²) in [6, 6.07) is 4.30. The molecule has 1 saturated carbocycles. The van der Waals surface area contributed by atoms with E-state index in [4.69, 9.17) is 0 Å². The van der Waals surface area contributed by atoms with Gasteiger partial charge in [0.2, 0.25) is 5.88 Å². The molecule has 0 aromatic carbocycles. The molecule has 1 atom stereocenters. The van der Waals surface area contributed by atoms with Gasteiger partial charge >= 0.3 is 6.36 Å². The highest BCUT2D eigenvalue weighted by molar-refractivity contribution is 5.54. The average Bonchev–Trinajstić information content (AvgIpc) is 3.62. The highest BCUT2D eigenvalue weighted by Crippen LogP contribution is 2.39. The van der Waals surface area contributed by atoms with Crippen LogP contribution in [-0.2, 0) is 0 Å². The first-order valence-corrected chi connectivity index (χ1v) is 12.8. The molecule has 0 radical (unpaired) electrons. The number of aromatic nitrogens is 1.